The maximum Gasteiger partial charge on any atom is 0.407 e. The Balaban J connectivity index is 1.98. The molecule has 4 atom stereocenters. The predicted molar refractivity (Wildman–Crippen MR) is 94.2 cm³/mol. The lowest BCUT2D eigenvalue weighted by Crippen LogP contribution is -2.47. The molecule has 3 N–H and O–H groups in total. The molecule has 0 aliphatic heterocycles. The first kappa shape index (κ1) is 20.2. The summed E-state index contributed by atoms with van der Waals surface area (Å²) in [6, 6.07) is 8.77. The van der Waals surface area contributed by atoms with Gasteiger partial charge in [0.1, 0.15) is 6.61 Å². The summed E-state index contributed by atoms with van der Waals surface area (Å²) in [5, 5.41) is 22.5. The van der Waals surface area contributed by atoms with Crippen LogP contribution in [0.5, 0.6) is 0 Å². The molecule has 0 heterocycles. The van der Waals surface area contributed by atoms with Crippen LogP contribution in [-0.4, -0.2) is 47.1 Å². The highest BCUT2D eigenvalue weighted by atomic mass is 16.5. The van der Waals surface area contributed by atoms with Crippen LogP contribution in [0.4, 0.5) is 4.79 Å². The van der Waals surface area contributed by atoms with Crippen LogP contribution in [0.2, 0.25) is 0 Å². The Morgan fingerprint density at radius 3 is 2.35 bits per heavy atom. The smallest absolute Gasteiger partial charge is 0.407 e. The van der Waals surface area contributed by atoms with Gasteiger partial charge in [0.05, 0.1) is 24.7 Å². The molecule has 1 saturated carbocycles. The van der Waals surface area contributed by atoms with E-state index >= 15 is 0 Å². The predicted octanol–water partition coefficient (Wildman–Crippen LogP) is 1.76. The van der Waals surface area contributed by atoms with E-state index in [4.69, 9.17) is 9.47 Å². The van der Waals surface area contributed by atoms with E-state index in [1.165, 1.54) is 0 Å². The van der Waals surface area contributed by atoms with E-state index in [0.29, 0.717) is 12.8 Å². The van der Waals surface area contributed by atoms with Crippen molar-refractivity contribution >= 4 is 12.1 Å². The molecular weight excluding hydrogens is 338 g/mol. The van der Waals surface area contributed by atoms with Crippen LogP contribution < -0.4 is 5.32 Å². The number of alkyl carbamates (subject to hydrolysis) is 1. The van der Waals surface area contributed by atoms with Crippen molar-refractivity contribution in [3.63, 3.8) is 0 Å². The number of carbonyl (C=O) groups is 2. The second-order valence-corrected chi connectivity index (χ2v) is 6.46. The Hall–Kier alpha value is -2.12. The summed E-state index contributed by atoms with van der Waals surface area (Å²) < 4.78 is 10.3. The quantitative estimate of drug-likeness (QED) is 0.687. The molecular formula is C19H27NO6. The summed E-state index contributed by atoms with van der Waals surface area (Å²) in [7, 11) is 0. The van der Waals surface area contributed by atoms with Gasteiger partial charge < -0.3 is 25.0 Å². The van der Waals surface area contributed by atoms with Gasteiger partial charge >= 0.3 is 12.1 Å². The van der Waals surface area contributed by atoms with E-state index in [0.717, 1.165) is 5.56 Å². The number of carbonyl (C=O) groups excluding carboxylic acids is 2. The molecule has 0 aromatic heterocycles. The average molecular weight is 365 g/mol. The zero-order valence-electron chi connectivity index (χ0n) is 15.0. The maximum absolute atomic E-state index is 12.3. The monoisotopic (exact) mass is 365 g/mol. The molecule has 7 nitrogen and oxygen atoms in total. The van der Waals surface area contributed by atoms with Gasteiger partial charge in [0.25, 0.3) is 0 Å². The number of rotatable bonds is 5. The van der Waals surface area contributed by atoms with Gasteiger partial charge in [-0.05, 0) is 38.2 Å². The van der Waals surface area contributed by atoms with Crippen LogP contribution in [0.15, 0.2) is 30.3 Å². The van der Waals surface area contributed by atoms with Gasteiger partial charge in [-0.1, -0.05) is 30.3 Å². The highest BCUT2D eigenvalue weighted by Crippen LogP contribution is 2.25. The molecule has 7 heteroatoms. The molecule has 1 aromatic carbocycles. The Labute approximate surface area is 153 Å². The lowest BCUT2D eigenvalue weighted by atomic mass is 9.84. The van der Waals surface area contributed by atoms with E-state index < -0.39 is 36.2 Å². The summed E-state index contributed by atoms with van der Waals surface area (Å²) in [5.41, 5.74) is 0.862. The molecule has 26 heavy (non-hydrogen) atoms. The Morgan fingerprint density at radius 1 is 1.04 bits per heavy atom. The number of nitrogens with one attached hydrogen (secondary N) is 1. The molecule has 1 aliphatic carbocycles. The van der Waals surface area contributed by atoms with Gasteiger partial charge in [-0.15, -0.1) is 0 Å². The minimum Gasteiger partial charge on any atom is -0.466 e. The summed E-state index contributed by atoms with van der Waals surface area (Å²) in [6.07, 6.45) is -1.16. The van der Waals surface area contributed by atoms with Crippen LogP contribution in [-0.2, 0) is 20.9 Å². The number of esters is 1. The first-order valence-electron chi connectivity index (χ1n) is 9.01. The van der Waals surface area contributed by atoms with Gasteiger partial charge in [-0.2, -0.15) is 0 Å². The summed E-state index contributed by atoms with van der Waals surface area (Å²) in [6.45, 7) is 2.09. The number of benzene rings is 1. The number of hydrogen-bond donors (Lipinski definition) is 3. The molecule has 1 fully saturated rings. The maximum atomic E-state index is 12.3. The van der Waals surface area contributed by atoms with E-state index in [2.05, 4.69) is 5.32 Å². The molecule has 0 radical (unpaired) electrons. The first-order chi connectivity index (χ1) is 12.5. The first-order valence-corrected chi connectivity index (χ1v) is 9.01. The van der Waals surface area contributed by atoms with Crippen molar-refractivity contribution < 1.29 is 29.3 Å². The Morgan fingerprint density at radius 2 is 1.69 bits per heavy atom. The lowest BCUT2D eigenvalue weighted by Gasteiger charge is -2.31. The van der Waals surface area contributed by atoms with Gasteiger partial charge in [-0.3, -0.25) is 4.79 Å². The molecule has 1 aliphatic rings. The van der Waals surface area contributed by atoms with Crippen LogP contribution in [0, 0.1) is 5.92 Å². The average Bonchev–Trinajstić information content (AvgIpc) is 2.64. The van der Waals surface area contributed by atoms with E-state index in [9.17, 15) is 19.8 Å². The zero-order chi connectivity index (χ0) is 18.9. The molecule has 0 saturated heterocycles. The SMILES string of the molecule is CCOC(=O)[C@H]1CC[C@@H](O)[C@@H](O)CC[C@H]1NC(=O)OCc1ccccc1. The van der Waals surface area contributed by atoms with Crippen molar-refractivity contribution in [2.24, 2.45) is 5.92 Å². The lowest BCUT2D eigenvalue weighted by molar-refractivity contribution is -0.150. The number of aliphatic hydroxyl groups is 2. The fraction of sp³-hybridized carbons (Fsp3) is 0.579. The third-order valence-corrected chi connectivity index (χ3v) is 4.58. The van der Waals surface area contributed by atoms with Crippen molar-refractivity contribution in [3.05, 3.63) is 35.9 Å². The highest BCUT2D eigenvalue weighted by Gasteiger charge is 2.35. The van der Waals surface area contributed by atoms with Crippen molar-refractivity contribution in [2.45, 2.75) is 57.5 Å². The molecule has 1 amide bonds. The minimum atomic E-state index is -0.877. The van der Waals surface area contributed by atoms with Gasteiger partial charge in [0.15, 0.2) is 0 Å². The molecule has 0 spiro atoms. The zero-order valence-corrected chi connectivity index (χ0v) is 15.0. The Kier molecular flexibility index (Phi) is 7.87. The third-order valence-electron chi connectivity index (χ3n) is 4.58. The Bertz CT molecular complexity index is 579. The van der Waals surface area contributed by atoms with Gasteiger partial charge in [0, 0.05) is 6.04 Å². The van der Waals surface area contributed by atoms with E-state index in [1.807, 2.05) is 30.3 Å². The van der Waals surface area contributed by atoms with Crippen LogP contribution >= 0.6 is 0 Å². The van der Waals surface area contributed by atoms with Crippen molar-refractivity contribution in [2.75, 3.05) is 6.61 Å². The largest absolute Gasteiger partial charge is 0.466 e. The normalized spacial score (nSPS) is 26.3. The van der Waals surface area contributed by atoms with Crippen molar-refractivity contribution in [1.82, 2.24) is 5.32 Å². The van der Waals surface area contributed by atoms with Crippen molar-refractivity contribution in [1.29, 1.82) is 0 Å². The van der Waals surface area contributed by atoms with E-state index in [-0.39, 0.29) is 26.1 Å². The summed E-state index contributed by atoms with van der Waals surface area (Å²) >= 11 is 0. The molecule has 144 valence electrons. The molecule has 2 rings (SSSR count). The summed E-state index contributed by atoms with van der Waals surface area (Å²) in [4.78, 5) is 24.4. The fourth-order valence-electron chi connectivity index (χ4n) is 3.11. The van der Waals surface area contributed by atoms with Crippen LogP contribution in [0.3, 0.4) is 0 Å². The topological polar surface area (TPSA) is 105 Å². The third kappa shape index (κ3) is 6.00. The van der Waals surface area contributed by atoms with Crippen molar-refractivity contribution in [3.8, 4) is 0 Å². The second-order valence-electron chi connectivity index (χ2n) is 6.46. The fourth-order valence-corrected chi connectivity index (χ4v) is 3.11. The molecule has 1 aromatic rings. The highest BCUT2D eigenvalue weighted by molar-refractivity contribution is 5.75. The number of ether oxygens (including phenoxy) is 2. The van der Waals surface area contributed by atoms with Gasteiger partial charge in [-0.25, -0.2) is 4.79 Å². The molecule has 0 unspecified atom stereocenters. The number of hydrogen-bond acceptors (Lipinski definition) is 6. The van der Waals surface area contributed by atoms with Crippen LogP contribution in [0.1, 0.15) is 38.2 Å². The number of aliphatic hydroxyl groups excluding tert-OH is 2. The minimum absolute atomic E-state index is 0.130. The standard InChI is InChI=1S/C19H27NO6/c1-2-25-18(23)14-8-10-16(21)17(22)11-9-15(14)20-19(24)26-12-13-6-4-3-5-7-13/h3-7,14-17,21-22H,2,8-12H2,1H3,(H,20,24)/t14-,15+,16+,17-/m0/s1. The van der Waals surface area contributed by atoms with Gasteiger partial charge in [0.2, 0.25) is 0 Å². The second kappa shape index (κ2) is 10.1. The van der Waals surface area contributed by atoms with Crippen LogP contribution in [0.25, 0.3) is 0 Å². The molecule has 0 bridgehead atoms. The summed E-state index contributed by atoms with van der Waals surface area (Å²) in [5.74, 6) is -0.995. The number of amides is 1. The van der Waals surface area contributed by atoms with E-state index in [1.54, 1.807) is 6.92 Å².